The van der Waals surface area contributed by atoms with Gasteiger partial charge in [0.25, 0.3) is 0 Å². The van der Waals surface area contributed by atoms with Crippen LogP contribution in [0.15, 0.2) is 22.9 Å². The first kappa shape index (κ1) is 12.9. The molecule has 1 atom stereocenters. The van der Waals surface area contributed by atoms with E-state index < -0.39 is 0 Å². The lowest BCUT2D eigenvalue weighted by Gasteiger charge is -2.10. The largest absolute Gasteiger partial charge is 0.372 e. The zero-order valence-electron chi connectivity index (χ0n) is 8.28. The smallest absolute Gasteiger partial charge is 0.106 e. The van der Waals surface area contributed by atoms with Crippen molar-refractivity contribution in [2.45, 2.75) is 19.1 Å². The van der Waals surface area contributed by atoms with Crippen molar-refractivity contribution >= 4 is 28.3 Å². The molecule has 0 spiro atoms. The summed E-state index contributed by atoms with van der Waals surface area (Å²) < 4.78 is 6.60. The third kappa shape index (κ3) is 4.07. The molecule has 0 aromatic carbocycles. The van der Waals surface area contributed by atoms with Crippen molar-refractivity contribution in [1.29, 1.82) is 0 Å². The number of nitrogens with one attached hydrogen (secondary N) is 1. The molecular formula is C10H14BrClN2O. The predicted molar refractivity (Wildman–Crippen MR) is 65.2 cm³/mol. The molecule has 1 aromatic rings. The van der Waals surface area contributed by atoms with Crippen LogP contribution < -0.4 is 5.32 Å². The fourth-order valence-electron chi connectivity index (χ4n) is 1.52. The molecule has 0 amide bonds. The topological polar surface area (TPSA) is 34.1 Å². The number of halogens is 2. The van der Waals surface area contributed by atoms with Crippen LogP contribution in [-0.4, -0.2) is 24.2 Å². The molecule has 1 aliphatic rings. The van der Waals surface area contributed by atoms with Crippen LogP contribution in [0.3, 0.4) is 0 Å². The fraction of sp³-hybridized carbons (Fsp3) is 0.500. The van der Waals surface area contributed by atoms with Gasteiger partial charge in [-0.15, -0.1) is 12.4 Å². The Labute approximate surface area is 104 Å². The molecule has 0 saturated carbocycles. The second-order valence-corrected chi connectivity index (χ2v) is 4.23. The van der Waals surface area contributed by atoms with Crippen LogP contribution in [0.4, 0.5) is 0 Å². The van der Waals surface area contributed by atoms with Gasteiger partial charge >= 0.3 is 0 Å². The number of ether oxygens (including phenoxy) is 1. The Morgan fingerprint density at radius 1 is 1.60 bits per heavy atom. The van der Waals surface area contributed by atoms with E-state index in [1.165, 1.54) is 5.56 Å². The molecule has 1 N–H and O–H groups in total. The van der Waals surface area contributed by atoms with Crippen molar-refractivity contribution in [3.05, 3.63) is 28.5 Å². The Hall–Kier alpha value is -0.160. The van der Waals surface area contributed by atoms with Gasteiger partial charge in [0.1, 0.15) is 4.60 Å². The lowest BCUT2D eigenvalue weighted by molar-refractivity contribution is 0.0541. The van der Waals surface area contributed by atoms with Crippen molar-refractivity contribution in [2.75, 3.05) is 13.1 Å². The minimum absolute atomic E-state index is 0. The van der Waals surface area contributed by atoms with E-state index in [2.05, 4.69) is 26.2 Å². The normalized spacial score (nSPS) is 19.9. The second-order valence-electron chi connectivity index (χ2n) is 3.41. The van der Waals surface area contributed by atoms with E-state index in [1.54, 1.807) is 6.20 Å². The van der Waals surface area contributed by atoms with Gasteiger partial charge < -0.3 is 10.1 Å². The SMILES string of the molecule is Brc1cc(CO[C@@H]2CCNC2)ccn1.Cl. The van der Waals surface area contributed by atoms with Crippen LogP contribution in [-0.2, 0) is 11.3 Å². The van der Waals surface area contributed by atoms with E-state index in [0.717, 1.165) is 24.1 Å². The first-order chi connectivity index (χ1) is 6.84. The zero-order valence-corrected chi connectivity index (χ0v) is 10.7. The van der Waals surface area contributed by atoms with E-state index >= 15 is 0 Å². The molecule has 2 heterocycles. The van der Waals surface area contributed by atoms with Crippen LogP contribution in [0.1, 0.15) is 12.0 Å². The number of hydrogen-bond acceptors (Lipinski definition) is 3. The molecule has 1 fully saturated rings. The highest BCUT2D eigenvalue weighted by atomic mass is 79.9. The fourth-order valence-corrected chi connectivity index (χ4v) is 1.93. The molecule has 0 radical (unpaired) electrons. The lowest BCUT2D eigenvalue weighted by atomic mass is 10.3. The Morgan fingerprint density at radius 2 is 2.47 bits per heavy atom. The van der Waals surface area contributed by atoms with Crippen molar-refractivity contribution in [2.24, 2.45) is 0 Å². The monoisotopic (exact) mass is 292 g/mol. The maximum atomic E-state index is 5.73. The van der Waals surface area contributed by atoms with Crippen molar-refractivity contribution in [3.63, 3.8) is 0 Å². The standard InChI is InChI=1S/C10H13BrN2O.ClH/c11-10-5-8(1-4-13-10)7-14-9-2-3-12-6-9;/h1,4-5,9,12H,2-3,6-7H2;1H/t9-;/m1./s1. The molecule has 0 aliphatic carbocycles. The van der Waals surface area contributed by atoms with Gasteiger partial charge in [-0.1, -0.05) is 0 Å². The maximum Gasteiger partial charge on any atom is 0.106 e. The predicted octanol–water partition coefficient (Wildman–Crippen LogP) is 2.14. The minimum Gasteiger partial charge on any atom is -0.372 e. The van der Waals surface area contributed by atoms with Gasteiger partial charge in [-0.2, -0.15) is 0 Å². The Morgan fingerprint density at radius 3 is 3.13 bits per heavy atom. The van der Waals surface area contributed by atoms with Crippen LogP contribution >= 0.6 is 28.3 Å². The molecule has 1 aromatic heterocycles. The summed E-state index contributed by atoms with van der Waals surface area (Å²) in [5.41, 5.74) is 1.17. The molecule has 15 heavy (non-hydrogen) atoms. The lowest BCUT2D eigenvalue weighted by Crippen LogP contribution is -2.16. The Bertz CT molecular complexity index is 305. The highest BCUT2D eigenvalue weighted by Gasteiger charge is 2.14. The second kappa shape index (κ2) is 6.43. The van der Waals surface area contributed by atoms with Crippen LogP contribution in [0, 0.1) is 0 Å². The van der Waals surface area contributed by atoms with Gasteiger partial charge in [0.05, 0.1) is 12.7 Å². The molecule has 0 bridgehead atoms. The van der Waals surface area contributed by atoms with E-state index in [1.807, 2.05) is 12.1 Å². The summed E-state index contributed by atoms with van der Waals surface area (Å²) in [6.45, 7) is 2.73. The maximum absolute atomic E-state index is 5.73. The highest BCUT2D eigenvalue weighted by Crippen LogP contribution is 2.11. The first-order valence-electron chi connectivity index (χ1n) is 4.77. The third-order valence-electron chi connectivity index (χ3n) is 2.29. The summed E-state index contributed by atoms with van der Waals surface area (Å²) in [5, 5.41) is 3.27. The molecule has 3 nitrogen and oxygen atoms in total. The Kier molecular flexibility index (Phi) is 5.53. The summed E-state index contributed by atoms with van der Waals surface area (Å²) in [6.07, 6.45) is 3.28. The average molecular weight is 294 g/mol. The van der Waals surface area contributed by atoms with E-state index in [-0.39, 0.29) is 12.4 Å². The summed E-state index contributed by atoms with van der Waals surface area (Å²) in [4.78, 5) is 4.07. The third-order valence-corrected chi connectivity index (χ3v) is 2.73. The zero-order chi connectivity index (χ0) is 9.80. The minimum atomic E-state index is 0. The molecule has 5 heteroatoms. The quantitative estimate of drug-likeness (QED) is 0.867. The van der Waals surface area contributed by atoms with Crippen molar-refractivity contribution in [1.82, 2.24) is 10.3 Å². The molecule has 2 rings (SSSR count). The highest BCUT2D eigenvalue weighted by molar-refractivity contribution is 9.10. The number of pyridine rings is 1. The van der Waals surface area contributed by atoms with E-state index in [4.69, 9.17) is 4.74 Å². The molecule has 1 aliphatic heterocycles. The van der Waals surface area contributed by atoms with Gasteiger partial charge in [-0.25, -0.2) is 4.98 Å². The van der Waals surface area contributed by atoms with E-state index in [0.29, 0.717) is 12.7 Å². The van der Waals surface area contributed by atoms with Gasteiger partial charge in [-0.05, 0) is 46.6 Å². The first-order valence-corrected chi connectivity index (χ1v) is 5.56. The number of aromatic nitrogens is 1. The number of hydrogen-bond donors (Lipinski definition) is 1. The molecular weight excluding hydrogens is 279 g/mol. The van der Waals surface area contributed by atoms with E-state index in [9.17, 15) is 0 Å². The number of nitrogens with zero attached hydrogens (tertiary/aromatic N) is 1. The van der Waals surface area contributed by atoms with Gasteiger partial charge in [0.15, 0.2) is 0 Å². The van der Waals surface area contributed by atoms with Crippen LogP contribution in [0.2, 0.25) is 0 Å². The number of rotatable bonds is 3. The van der Waals surface area contributed by atoms with Gasteiger partial charge in [0, 0.05) is 12.7 Å². The van der Waals surface area contributed by atoms with Crippen molar-refractivity contribution < 1.29 is 4.74 Å². The Balaban J connectivity index is 0.00000112. The summed E-state index contributed by atoms with van der Waals surface area (Å²) in [5.74, 6) is 0. The van der Waals surface area contributed by atoms with Crippen molar-refractivity contribution in [3.8, 4) is 0 Å². The van der Waals surface area contributed by atoms with Crippen LogP contribution in [0.5, 0.6) is 0 Å². The molecule has 0 unspecified atom stereocenters. The summed E-state index contributed by atoms with van der Waals surface area (Å²) in [6, 6.07) is 3.97. The summed E-state index contributed by atoms with van der Waals surface area (Å²) in [7, 11) is 0. The van der Waals surface area contributed by atoms with Crippen LogP contribution in [0.25, 0.3) is 0 Å². The summed E-state index contributed by atoms with van der Waals surface area (Å²) >= 11 is 3.34. The average Bonchev–Trinajstić information content (AvgIpc) is 2.67. The molecule has 1 saturated heterocycles. The van der Waals surface area contributed by atoms with Gasteiger partial charge in [-0.3, -0.25) is 0 Å². The molecule has 84 valence electrons. The van der Waals surface area contributed by atoms with Gasteiger partial charge in [0.2, 0.25) is 0 Å².